The van der Waals surface area contributed by atoms with Crippen molar-refractivity contribution in [2.75, 3.05) is 14.2 Å². The number of nitrogens with zero attached hydrogens (tertiary/aromatic N) is 2. The molecule has 1 aliphatic heterocycles. The molecule has 0 atom stereocenters. The van der Waals surface area contributed by atoms with Crippen LogP contribution in [0.15, 0.2) is 0 Å². The molecule has 0 unspecified atom stereocenters. The lowest BCUT2D eigenvalue weighted by molar-refractivity contribution is -0.223. The second-order valence-electron chi connectivity index (χ2n) is 4.51. The molecule has 1 rings (SSSR count). The predicted octanol–water partition coefficient (Wildman–Crippen LogP) is 1.98. The molecule has 0 spiro atoms. The topological polar surface area (TPSA) is 24.9 Å². The van der Waals surface area contributed by atoms with Crippen LogP contribution in [-0.2, 0) is 9.47 Å². The average Bonchev–Trinajstić information content (AvgIpc) is 2.46. The Bertz CT molecular complexity index is 327. The zero-order chi connectivity index (χ0) is 13.4. The normalized spacial score (nSPS) is 20.0. The third-order valence-electron chi connectivity index (χ3n) is 2.80. The Balaban J connectivity index is 3.28. The number of thiocarbonyl (C=S) groups is 2. The lowest BCUT2D eigenvalue weighted by Gasteiger charge is -2.36. The summed E-state index contributed by atoms with van der Waals surface area (Å²) in [7, 11) is 3.16. The first-order chi connectivity index (χ1) is 7.83. The highest BCUT2D eigenvalue weighted by atomic mass is 32.1. The van der Waals surface area contributed by atoms with Gasteiger partial charge in [-0.25, -0.2) is 0 Å². The highest BCUT2D eigenvalue weighted by Crippen LogP contribution is 2.34. The van der Waals surface area contributed by atoms with Gasteiger partial charge in [0.15, 0.2) is 10.1 Å². The largest absolute Gasteiger partial charge is 0.330 e. The molecule has 98 valence electrons. The van der Waals surface area contributed by atoms with Gasteiger partial charge in [-0.05, 0) is 39.9 Å². The van der Waals surface area contributed by atoms with Gasteiger partial charge in [0, 0.05) is 26.3 Å². The van der Waals surface area contributed by atoms with Crippen molar-refractivity contribution in [1.82, 2.24) is 9.80 Å². The summed E-state index contributed by atoms with van der Waals surface area (Å²) in [6.45, 7) is 8.15. The monoisotopic (exact) mass is 276 g/mol. The first-order valence-electron chi connectivity index (χ1n) is 5.60. The summed E-state index contributed by atoms with van der Waals surface area (Å²) < 4.78 is 11.0. The molecule has 0 bridgehead atoms. The van der Waals surface area contributed by atoms with Gasteiger partial charge in [0.25, 0.3) is 0 Å². The molecule has 1 heterocycles. The van der Waals surface area contributed by atoms with Gasteiger partial charge in [-0.15, -0.1) is 0 Å². The van der Waals surface area contributed by atoms with Crippen LogP contribution in [0.3, 0.4) is 0 Å². The lowest BCUT2D eigenvalue weighted by Crippen LogP contribution is -2.54. The molecule has 1 fully saturated rings. The molecule has 0 aliphatic carbocycles. The van der Waals surface area contributed by atoms with Crippen molar-refractivity contribution in [2.45, 2.75) is 45.7 Å². The standard InChI is InChI=1S/C11H20N2O2S2/c1-7(2)12-9(16)11(14-5,15-6)13(8(3)4)10(12)17/h7-8H,1-6H3. The molecule has 1 aliphatic rings. The van der Waals surface area contributed by atoms with Crippen molar-refractivity contribution in [3.05, 3.63) is 0 Å². The minimum absolute atomic E-state index is 0.143. The maximum Gasteiger partial charge on any atom is 0.308 e. The first-order valence-corrected chi connectivity index (χ1v) is 6.42. The highest BCUT2D eigenvalue weighted by molar-refractivity contribution is 7.82. The van der Waals surface area contributed by atoms with E-state index in [0.29, 0.717) is 10.1 Å². The van der Waals surface area contributed by atoms with Gasteiger partial charge >= 0.3 is 5.91 Å². The van der Waals surface area contributed by atoms with E-state index in [2.05, 4.69) is 0 Å². The Kier molecular flexibility index (Phi) is 4.46. The summed E-state index contributed by atoms with van der Waals surface area (Å²) in [6.07, 6.45) is 0. The minimum atomic E-state index is -1.05. The van der Waals surface area contributed by atoms with E-state index in [9.17, 15) is 0 Å². The van der Waals surface area contributed by atoms with Crippen molar-refractivity contribution in [3.8, 4) is 0 Å². The van der Waals surface area contributed by atoms with Crippen LogP contribution in [0.25, 0.3) is 0 Å². The summed E-state index contributed by atoms with van der Waals surface area (Å²) in [6, 6.07) is 0.326. The molecular weight excluding hydrogens is 256 g/mol. The zero-order valence-electron chi connectivity index (χ0n) is 11.2. The molecule has 0 radical (unpaired) electrons. The minimum Gasteiger partial charge on any atom is -0.330 e. The van der Waals surface area contributed by atoms with Crippen LogP contribution in [-0.4, -0.2) is 52.1 Å². The lowest BCUT2D eigenvalue weighted by atomic mass is 10.3. The van der Waals surface area contributed by atoms with Gasteiger partial charge in [0.1, 0.15) is 0 Å². The Morgan fingerprint density at radius 1 is 1.00 bits per heavy atom. The smallest absolute Gasteiger partial charge is 0.308 e. The van der Waals surface area contributed by atoms with Crippen molar-refractivity contribution in [1.29, 1.82) is 0 Å². The van der Waals surface area contributed by atoms with E-state index in [0.717, 1.165) is 0 Å². The van der Waals surface area contributed by atoms with Gasteiger partial charge in [-0.3, -0.25) is 4.90 Å². The molecule has 1 saturated heterocycles. The number of methoxy groups -OCH3 is 2. The molecule has 0 aromatic rings. The summed E-state index contributed by atoms with van der Waals surface area (Å²) in [5, 5.41) is 0.656. The van der Waals surface area contributed by atoms with Gasteiger partial charge < -0.3 is 14.4 Å². The molecule has 0 saturated carbocycles. The molecule has 17 heavy (non-hydrogen) atoms. The fraction of sp³-hybridized carbons (Fsp3) is 0.818. The third kappa shape index (κ3) is 2.07. The molecule has 0 N–H and O–H groups in total. The SMILES string of the molecule is COC1(OC)C(=S)N(C(C)C)C(=S)N1C(C)C. The van der Waals surface area contributed by atoms with Gasteiger partial charge in [0.05, 0.1) is 0 Å². The van der Waals surface area contributed by atoms with Crippen molar-refractivity contribution in [3.63, 3.8) is 0 Å². The maximum atomic E-state index is 5.52. The van der Waals surface area contributed by atoms with Crippen molar-refractivity contribution >= 4 is 34.5 Å². The van der Waals surface area contributed by atoms with Crippen LogP contribution in [0, 0.1) is 0 Å². The highest BCUT2D eigenvalue weighted by Gasteiger charge is 2.55. The van der Waals surface area contributed by atoms with Gasteiger partial charge in [0.2, 0.25) is 0 Å². The summed E-state index contributed by atoms with van der Waals surface area (Å²) >= 11 is 10.9. The molecule has 4 nitrogen and oxygen atoms in total. The third-order valence-corrected chi connectivity index (χ3v) is 3.65. The number of hydrogen-bond donors (Lipinski definition) is 0. The van der Waals surface area contributed by atoms with Gasteiger partial charge in [-0.2, -0.15) is 0 Å². The van der Waals surface area contributed by atoms with Crippen LogP contribution >= 0.6 is 24.4 Å². The van der Waals surface area contributed by atoms with Crippen molar-refractivity contribution in [2.24, 2.45) is 0 Å². The van der Waals surface area contributed by atoms with E-state index in [-0.39, 0.29) is 12.1 Å². The first kappa shape index (κ1) is 14.8. The van der Waals surface area contributed by atoms with Crippen LogP contribution in [0.4, 0.5) is 0 Å². The Morgan fingerprint density at radius 2 is 1.47 bits per heavy atom. The number of ether oxygens (including phenoxy) is 2. The van der Waals surface area contributed by atoms with Crippen LogP contribution in [0.1, 0.15) is 27.7 Å². The van der Waals surface area contributed by atoms with E-state index in [1.807, 2.05) is 37.5 Å². The molecule has 6 heteroatoms. The van der Waals surface area contributed by atoms with Crippen LogP contribution in [0.2, 0.25) is 0 Å². The summed E-state index contributed by atoms with van der Waals surface area (Å²) in [5.74, 6) is -1.05. The second kappa shape index (κ2) is 5.14. The quantitative estimate of drug-likeness (QED) is 0.575. The molecule has 0 aromatic carbocycles. The predicted molar refractivity (Wildman–Crippen MR) is 75.9 cm³/mol. The summed E-state index contributed by atoms with van der Waals surface area (Å²) in [5.41, 5.74) is 0. The van der Waals surface area contributed by atoms with E-state index in [4.69, 9.17) is 33.9 Å². The van der Waals surface area contributed by atoms with Crippen LogP contribution in [0.5, 0.6) is 0 Å². The maximum absolute atomic E-state index is 5.52. The van der Waals surface area contributed by atoms with Crippen LogP contribution < -0.4 is 0 Å². The summed E-state index contributed by atoms with van der Waals surface area (Å²) in [4.78, 5) is 4.36. The molecular formula is C11H20N2O2S2. The fourth-order valence-electron chi connectivity index (χ4n) is 2.05. The van der Waals surface area contributed by atoms with Gasteiger partial charge in [-0.1, -0.05) is 12.2 Å². The fourth-order valence-corrected chi connectivity index (χ4v) is 3.31. The Labute approximate surface area is 114 Å². The molecule has 0 amide bonds. The average molecular weight is 276 g/mol. The molecule has 0 aromatic heterocycles. The van der Waals surface area contributed by atoms with E-state index >= 15 is 0 Å². The number of hydrogen-bond acceptors (Lipinski definition) is 4. The Hall–Kier alpha value is -0.300. The Morgan fingerprint density at radius 3 is 1.71 bits per heavy atom. The second-order valence-corrected chi connectivity index (χ2v) is 5.26. The van der Waals surface area contributed by atoms with E-state index in [1.54, 1.807) is 14.2 Å². The van der Waals surface area contributed by atoms with E-state index in [1.165, 1.54) is 0 Å². The van der Waals surface area contributed by atoms with E-state index < -0.39 is 5.91 Å². The zero-order valence-corrected chi connectivity index (χ0v) is 12.8. The number of rotatable bonds is 4. The van der Waals surface area contributed by atoms with Crippen molar-refractivity contribution < 1.29 is 9.47 Å².